The number of ether oxygens (including phenoxy) is 1. The molecule has 35 heavy (non-hydrogen) atoms. The van der Waals surface area contributed by atoms with Gasteiger partial charge in [-0.05, 0) is 73.2 Å². The van der Waals surface area contributed by atoms with Crippen LogP contribution in [0.3, 0.4) is 0 Å². The van der Waals surface area contributed by atoms with Gasteiger partial charge in [0.05, 0.1) is 18.6 Å². The summed E-state index contributed by atoms with van der Waals surface area (Å²) in [6.07, 6.45) is 4.36. The highest BCUT2D eigenvalue weighted by atomic mass is 32.2. The molecule has 2 aromatic carbocycles. The Morgan fingerprint density at radius 2 is 1.83 bits per heavy atom. The summed E-state index contributed by atoms with van der Waals surface area (Å²) in [4.78, 5) is 4.33. The first-order valence-electron chi connectivity index (χ1n) is 11.8. The lowest BCUT2D eigenvalue weighted by atomic mass is 9.89. The molecule has 0 atom stereocenters. The predicted octanol–water partition coefficient (Wildman–Crippen LogP) is 4.76. The maximum absolute atomic E-state index is 14.9. The average molecular weight is 499 g/mol. The lowest BCUT2D eigenvalue weighted by molar-refractivity contribution is 0.389. The number of benzene rings is 2. The Bertz CT molecular complexity index is 1290. The lowest BCUT2D eigenvalue weighted by Gasteiger charge is -2.23. The number of sulfonamides is 1. The van der Waals surface area contributed by atoms with Gasteiger partial charge in [-0.3, -0.25) is 4.72 Å². The highest BCUT2D eigenvalue weighted by Crippen LogP contribution is 2.37. The zero-order valence-corrected chi connectivity index (χ0v) is 20.8. The maximum Gasteiger partial charge on any atom is 0.232 e. The Morgan fingerprint density at radius 1 is 1.11 bits per heavy atom. The first-order valence-corrected chi connectivity index (χ1v) is 13.4. The zero-order valence-electron chi connectivity index (χ0n) is 20.0. The Morgan fingerprint density at radius 3 is 2.49 bits per heavy atom. The van der Waals surface area contributed by atoms with Crippen LogP contribution >= 0.6 is 0 Å². The molecule has 3 aromatic rings. The van der Waals surface area contributed by atoms with Crippen molar-refractivity contribution in [2.45, 2.75) is 32.1 Å². The van der Waals surface area contributed by atoms with E-state index in [0.29, 0.717) is 23.5 Å². The number of nitrogens with zero attached hydrogens (tertiary/aromatic N) is 1. The molecule has 0 amide bonds. The fourth-order valence-electron chi connectivity index (χ4n) is 4.49. The van der Waals surface area contributed by atoms with Crippen LogP contribution in [0.2, 0.25) is 0 Å². The summed E-state index contributed by atoms with van der Waals surface area (Å²) < 4.78 is 47.2. The summed E-state index contributed by atoms with van der Waals surface area (Å²) >= 11 is 0. The van der Waals surface area contributed by atoms with Gasteiger partial charge >= 0.3 is 0 Å². The number of nitrogens with two attached hydrogens (primary N) is 1. The second kappa shape index (κ2) is 10.6. The molecule has 0 bridgehead atoms. The van der Waals surface area contributed by atoms with E-state index in [-0.39, 0.29) is 23.0 Å². The first kappa shape index (κ1) is 24.9. The predicted molar refractivity (Wildman–Crippen MR) is 139 cm³/mol. The van der Waals surface area contributed by atoms with Crippen molar-refractivity contribution in [1.82, 2.24) is 10.3 Å². The number of rotatable bonds is 8. The highest BCUT2D eigenvalue weighted by Gasteiger charge is 2.20. The van der Waals surface area contributed by atoms with E-state index in [0.717, 1.165) is 37.1 Å². The largest absolute Gasteiger partial charge is 0.492 e. The Hall–Kier alpha value is -3.17. The molecule has 1 aromatic heterocycles. The number of piperidine rings is 1. The molecule has 9 heteroatoms. The summed E-state index contributed by atoms with van der Waals surface area (Å²) in [5, 5.41) is 3.39. The molecule has 0 radical (unpaired) electrons. The molecule has 1 aliphatic heterocycles. The van der Waals surface area contributed by atoms with Crippen molar-refractivity contribution in [2.24, 2.45) is 0 Å². The fraction of sp³-hybridized carbons (Fsp3) is 0.346. The fourth-order valence-corrected chi connectivity index (χ4v) is 5.61. The minimum atomic E-state index is -3.66. The molecule has 0 spiro atoms. The van der Waals surface area contributed by atoms with Gasteiger partial charge in [0.15, 0.2) is 11.6 Å². The summed E-state index contributed by atoms with van der Waals surface area (Å²) in [5.74, 6) is -0.191. The van der Waals surface area contributed by atoms with Crippen LogP contribution in [0.1, 0.15) is 37.7 Å². The number of pyridine rings is 1. The standard InChI is InChI=1S/C26H31FN4O3S/c1-3-12-35(32,33)31-24-15-20(14-23(27)25(24)34-2)22-13-21(16-30-26(22)28)18-6-4-17(5-7-18)19-8-10-29-11-9-19/h4-7,13-16,19,29,31H,3,8-12H2,1-2H3,(H2,28,30). The van der Waals surface area contributed by atoms with Crippen LogP contribution < -0.4 is 20.5 Å². The molecule has 2 heterocycles. The van der Waals surface area contributed by atoms with E-state index in [4.69, 9.17) is 10.5 Å². The summed E-state index contributed by atoms with van der Waals surface area (Å²) in [5.41, 5.74) is 10.2. The summed E-state index contributed by atoms with van der Waals surface area (Å²) in [6.45, 7) is 3.82. The number of methoxy groups -OCH3 is 1. The van der Waals surface area contributed by atoms with E-state index in [2.05, 4.69) is 39.3 Å². The van der Waals surface area contributed by atoms with Crippen molar-refractivity contribution in [3.8, 4) is 28.0 Å². The monoisotopic (exact) mass is 498 g/mol. The van der Waals surface area contributed by atoms with Crippen molar-refractivity contribution in [3.05, 3.63) is 60.0 Å². The van der Waals surface area contributed by atoms with Crippen molar-refractivity contribution in [3.63, 3.8) is 0 Å². The Labute approximate surface area is 206 Å². The minimum Gasteiger partial charge on any atom is -0.492 e. The molecule has 1 saturated heterocycles. The zero-order chi connectivity index (χ0) is 25.0. The third kappa shape index (κ3) is 5.74. The number of nitrogen functional groups attached to an aromatic ring is 1. The van der Waals surface area contributed by atoms with Gasteiger partial charge in [0.25, 0.3) is 0 Å². The van der Waals surface area contributed by atoms with Gasteiger partial charge in [-0.25, -0.2) is 17.8 Å². The molecule has 4 rings (SSSR count). The van der Waals surface area contributed by atoms with E-state index < -0.39 is 15.8 Å². The number of aromatic nitrogens is 1. The number of hydrogen-bond donors (Lipinski definition) is 3. The van der Waals surface area contributed by atoms with E-state index in [1.807, 2.05) is 6.07 Å². The van der Waals surface area contributed by atoms with Gasteiger partial charge in [0.2, 0.25) is 10.0 Å². The van der Waals surface area contributed by atoms with Crippen molar-refractivity contribution >= 4 is 21.5 Å². The van der Waals surface area contributed by atoms with Crippen molar-refractivity contribution in [2.75, 3.05) is 36.4 Å². The van der Waals surface area contributed by atoms with Crippen LogP contribution in [-0.2, 0) is 10.0 Å². The van der Waals surface area contributed by atoms with Crippen LogP contribution in [-0.4, -0.2) is 39.4 Å². The SMILES string of the molecule is CCCS(=O)(=O)Nc1cc(-c2cc(-c3ccc(C4CCNCC4)cc3)cnc2N)cc(F)c1OC. The first-order chi connectivity index (χ1) is 16.8. The molecule has 0 unspecified atom stereocenters. The molecule has 186 valence electrons. The molecular formula is C26H31FN4O3S. The molecule has 1 fully saturated rings. The smallest absolute Gasteiger partial charge is 0.232 e. The maximum atomic E-state index is 14.9. The molecule has 0 saturated carbocycles. The number of halogens is 1. The normalized spacial score (nSPS) is 14.6. The second-order valence-electron chi connectivity index (χ2n) is 8.76. The van der Waals surface area contributed by atoms with Crippen LogP contribution in [0.4, 0.5) is 15.9 Å². The molecule has 4 N–H and O–H groups in total. The van der Waals surface area contributed by atoms with E-state index >= 15 is 0 Å². The van der Waals surface area contributed by atoms with Gasteiger partial charge in [0, 0.05) is 17.3 Å². The minimum absolute atomic E-state index is 0.0204. The molecule has 0 aliphatic carbocycles. The van der Waals surface area contributed by atoms with Crippen molar-refractivity contribution < 1.29 is 17.5 Å². The summed E-state index contributed by atoms with van der Waals surface area (Å²) in [7, 11) is -2.36. The van der Waals surface area contributed by atoms with Crippen molar-refractivity contribution in [1.29, 1.82) is 0 Å². The number of nitrogens with one attached hydrogen (secondary N) is 2. The average Bonchev–Trinajstić information content (AvgIpc) is 2.84. The van der Waals surface area contributed by atoms with Crippen LogP contribution in [0.5, 0.6) is 5.75 Å². The highest BCUT2D eigenvalue weighted by molar-refractivity contribution is 7.92. The molecule has 1 aliphatic rings. The van der Waals surface area contributed by atoms with E-state index in [1.165, 1.54) is 24.8 Å². The van der Waals surface area contributed by atoms with E-state index in [9.17, 15) is 12.8 Å². The quantitative estimate of drug-likeness (QED) is 0.413. The molecular weight excluding hydrogens is 467 g/mol. The van der Waals surface area contributed by atoms with Gasteiger partial charge in [0.1, 0.15) is 5.82 Å². The van der Waals surface area contributed by atoms with Crippen LogP contribution in [0.15, 0.2) is 48.7 Å². The van der Waals surface area contributed by atoms with Gasteiger partial charge in [-0.2, -0.15) is 0 Å². The lowest BCUT2D eigenvalue weighted by Crippen LogP contribution is -2.26. The number of anilines is 2. The van der Waals surface area contributed by atoms with Gasteiger partial charge in [-0.15, -0.1) is 0 Å². The van der Waals surface area contributed by atoms with Gasteiger partial charge in [-0.1, -0.05) is 31.2 Å². The van der Waals surface area contributed by atoms with Crippen LogP contribution in [0.25, 0.3) is 22.3 Å². The third-order valence-electron chi connectivity index (χ3n) is 6.27. The topological polar surface area (TPSA) is 106 Å². The van der Waals surface area contributed by atoms with E-state index in [1.54, 1.807) is 13.1 Å². The third-order valence-corrected chi connectivity index (χ3v) is 7.75. The Balaban J connectivity index is 1.69. The second-order valence-corrected chi connectivity index (χ2v) is 10.6. The molecule has 7 nitrogen and oxygen atoms in total. The van der Waals surface area contributed by atoms with Gasteiger partial charge < -0.3 is 15.8 Å². The number of hydrogen-bond acceptors (Lipinski definition) is 6. The Kier molecular flexibility index (Phi) is 7.57. The summed E-state index contributed by atoms with van der Waals surface area (Å²) in [6, 6.07) is 13.1. The van der Waals surface area contributed by atoms with Crippen LogP contribution in [0, 0.1) is 5.82 Å².